The van der Waals surface area contributed by atoms with E-state index in [0.29, 0.717) is 19.0 Å². The van der Waals surface area contributed by atoms with Crippen LogP contribution in [0.3, 0.4) is 0 Å². The molecule has 3 aromatic rings. The Morgan fingerprint density at radius 3 is 2.65 bits per heavy atom. The van der Waals surface area contributed by atoms with Gasteiger partial charge in [0.25, 0.3) is 0 Å². The molecule has 2 amide bonds. The SMILES string of the molecule is COCCN1C[C@H](NC(=O)Nc2cc(C(C)C)nn2-c2ccccc2)[C@@H](c2cccc(F)c2)C1. The summed E-state index contributed by atoms with van der Waals surface area (Å²) in [6.07, 6.45) is 0. The second-order valence-electron chi connectivity index (χ2n) is 8.98. The Labute approximate surface area is 199 Å². The molecule has 180 valence electrons. The number of benzene rings is 2. The van der Waals surface area contributed by atoms with Crippen LogP contribution in [0.4, 0.5) is 15.0 Å². The van der Waals surface area contributed by atoms with Crippen molar-refractivity contribution in [3.63, 3.8) is 0 Å². The lowest BCUT2D eigenvalue weighted by Gasteiger charge is -2.21. The molecule has 0 radical (unpaired) electrons. The zero-order valence-electron chi connectivity index (χ0n) is 19.9. The average molecular weight is 466 g/mol. The molecule has 1 fully saturated rings. The van der Waals surface area contributed by atoms with Crippen LogP contribution in [0, 0.1) is 5.82 Å². The number of hydrogen-bond donors (Lipinski definition) is 2. The van der Waals surface area contributed by atoms with Gasteiger partial charge < -0.3 is 10.1 Å². The number of hydrogen-bond acceptors (Lipinski definition) is 4. The minimum Gasteiger partial charge on any atom is -0.383 e. The van der Waals surface area contributed by atoms with E-state index in [4.69, 9.17) is 9.84 Å². The highest BCUT2D eigenvalue weighted by Crippen LogP contribution is 2.28. The number of likely N-dealkylation sites (tertiary alicyclic amines) is 1. The Kier molecular flexibility index (Phi) is 7.59. The molecule has 7 nitrogen and oxygen atoms in total. The Balaban J connectivity index is 1.53. The van der Waals surface area contributed by atoms with Crippen molar-refractivity contribution in [3.05, 3.63) is 77.7 Å². The highest BCUT2D eigenvalue weighted by atomic mass is 19.1. The summed E-state index contributed by atoms with van der Waals surface area (Å²) in [5, 5.41) is 10.8. The number of para-hydroxylation sites is 1. The fourth-order valence-corrected chi connectivity index (χ4v) is 4.37. The number of ether oxygens (including phenoxy) is 1. The number of carbonyl (C=O) groups is 1. The van der Waals surface area contributed by atoms with Crippen molar-refractivity contribution in [2.24, 2.45) is 0 Å². The summed E-state index contributed by atoms with van der Waals surface area (Å²) >= 11 is 0. The van der Waals surface area contributed by atoms with Crippen molar-refractivity contribution >= 4 is 11.8 Å². The number of methoxy groups -OCH3 is 1. The highest BCUT2D eigenvalue weighted by molar-refractivity contribution is 5.89. The van der Waals surface area contributed by atoms with Gasteiger partial charge in [-0.1, -0.05) is 44.2 Å². The van der Waals surface area contributed by atoms with Crippen LogP contribution in [0.1, 0.15) is 36.9 Å². The van der Waals surface area contributed by atoms with Crippen LogP contribution in [0.25, 0.3) is 5.69 Å². The molecule has 0 bridgehead atoms. The van der Waals surface area contributed by atoms with E-state index in [0.717, 1.165) is 30.0 Å². The van der Waals surface area contributed by atoms with Crippen LogP contribution >= 0.6 is 0 Å². The number of nitrogens with zero attached hydrogens (tertiary/aromatic N) is 3. The minimum atomic E-state index is -0.313. The second-order valence-corrected chi connectivity index (χ2v) is 8.98. The maximum absolute atomic E-state index is 13.9. The van der Waals surface area contributed by atoms with Gasteiger partial charge in [-0.2, -0.15) is 5.10 Å². The summed E-state index contributed by atoms with van der Waals surface area (Å²) < 4.78 is 20.9. The molecule has 1 aromatic heterocycles. The molecule has 0 spiro atoms. The first-order valence-corrected chi connectivity index (χ1v) is 11.6. The standard InChI is InChI=1S/C26H32FN5O2/c1-18(2)23-15-25(32(30-23)21-10-5-4-6-11-21)29-26(33)28-24-17-31(12-13-34-3)16-22(24)19-8-7-9-20(27)14-19/h4-11,14-15,18,22,24H,12-13,16-17H2,1-3H3,(H2,28,29,33)/t22-,24+/m1/s1. The summed E-state index contributed by atoms with van der Waals surface area (Å²) in [6.45, 7) is 6.87. The first-order chi connectivity index (χ1) is 16.4. The average Bonchev–Trinajstić information content (AvgIpc) is 3.42. The number of rotatable bonds is 8. The van der Waals surface area contributed by atoms with Crippen molar-refractivity contribution in [2.75, 3.05) is 38.7 Å². The van der Waals surface area contributed by atoms with E-state index in [2.05, 4.69) is 29.4 Å². The number of carbonyl (C=O) groups excluding carboxylic acids is 1. The molecule has 1 aliphatic heterocycles. The minimum absolute atomic E-state index is 0.0245. The molecule has 2 N–H and O–H groups in total. The van der Waals surface area contributed by atoms with E-state index >= 15 is 0 Å². The molecule has 2 heterocycles. The summed E-state index contributed by atoms with van der Waals surface area (Å²) in [6, 6.07) is 17.8. The third kappa shape index (κ3) is 5.63. The van der Waals surface area contributed by atoms with Gasteiger partial charge in [0.1, 0.15) is 11.6 Å². The lowest BCUT2D eigenvalue weighted by molar-refractivity contribution is 0.159. The third-order valence-electron chi connectivity index (χ3n) is 6.16. The van der Waals surface area contributed by atoms with Crippen molar-refractivity contribution < 1.29 is 13.9 Å². The molecule has 0 saturated carbocycles. The fraction of sp³-hybridized carbons (Fsp3) is 0.385. The van der Waals surface area contributed by atoms with Gasteiger partial charge in [-0.15, -0.1) is 0 Å². The van der Waals surface area contributed by atoms with Gasteiger partial charge >= 0.3 is 6.03 Å². The summed E-state index contributed by atoms with van der Waals surface area (Å²) in [5.41, 5.74) is 2.64. The normalized spacial score (nSPS) is 18.4. The molecule has 2 atom stereocenters. The van der Waals surface area contributed by atoms with Crippen molar-refractivity contribution in [2.45, 2.75) is 31.7 Å². The first-order valence-electron chi connectivity index (χ1n) is 11.6. The van der Waals surface area contributed by atoms with Crippen LogP contribution in [0.15, 0.2) is 60.7 Å². The number of halogens is 1. The Bertz CT molecular complexity index is 1100. The smallest absolute Gasteiger partial charge is 0.320 e. The summed E-state index contributed by atoms with van der Waals surface area (Å²) in [5.74, 6) is 0.520. The predicted molar refractivity (Wildman–Crippen MR) is 131 cm³/mol. The van der Waals surface area contributed by atoms with Gasteiger partial charge in [0, 0.05) is 38.7 Å². The van der Waals surface area contributed by atoms with Crippen LogP contribution in [0.2, 0.25) is 0 Å². The number of urea groups is 1. The fourth-order valence-electron chi connectivity index (χ4n) is 4.37. The van der Waals surface area contributed by atoms with E-state index in [9.17, 15) is 9.18 Å². The van der Waals surface area contributed by atoms with Crippen LogP contribution in [-0.4, -0.2) is 60.1 Å². The quantitative estimate of drug-likeness (QED) is 0.518. The van der Waals surface area contributed by atoms with Crippen LogP contribution in [-0.2, 0) is 4.74 Å². The van der Waals surface area contributed by atoms with Gasteiger partial charge in [0.05, 0.1) is 24.0 Å². The largest absolute Gasteiger partial charge is 0.383 e. The maximum Gasteiger partial charge on any atom is 0.320 e. The number of nitrogens with one attached hydrogen (secondary N) is 2. The van der Waals surface area contributed by atoms with Gasteiger partial charge in [0.15, 0.2) is 0 Å². The third-order valence-corrected chi connectivity index (χ3v) is 6.16. The van der Waals surface area contributed by atoms with E-state index in [1.807, 2.05) is 42.5 Å². The van der Waals surface area contributed by atoms with E-state index in [1.54, 1.807) is 23.9 Å². The zero-order chi connectivity index (χ0) is 24.1. The van der Waals surface area contributed by atoms with Gasteiger partial charge in [-0.25, -0.2) is 13.9 Å². The number of aromatic nitrogens is 2. The molecule has 8 heteroatoms. The molecule has 0 unspecified atom stereocenters. The van der Waals surface area contributed by atoms with Crippen molar-refractivity contribution in [1.29, 1.82) is 0 Å². The Morgan fingerprint density at radius 2 is 1.94 bits per heavy atom. The second kappa shape index (κ2) is 10.8. The topological polar surface area (TPSA) is 71.4 Å². The number of amides is 2. The summed E-state index contributed by atoms with van der Waals surface area (Å²) in [4.78, 5) is 15.3. The van der Waals surface area contributed by atoms with Gasteiger partial charge in [0.2, 0.25) is 0 Å². The highest BCUT2D eigenvalue weighted by Gasteiger charge is 2.35. The molecule has 1 saturated heterocycles. The Hall–Kier alpha value is -3.23. The molecule has 1 aliphatic rings. The molecular weight excluding hydrogens is 433 g/mol. The predicted octanol–water partition coefficient (Wildman–Crippen LogP) is 4.37. The Morgan fingerprint density at radius 1 is 1.15 bits per heavy atom. The monoisotopic (exact) mass is 465 g/mol. The first kappa shape index (κ1) is 23.9. The van der Waals surface area contributed by atoms with Crippen LogP contribution < -0.4 is 10.6 Å². The van der Waals surface area contributed by atoms with E-state index < -0.39 is 0 Å². The molecule has 0 aliphatic carbocycles. The maximum atomic E-state index is 13.9. The lowest BCUT2D eigenvalue weighted by atomic mass is 9.94. The van der Waals surface area contributed by atoms with E-state index in [1.165, 1.54) is 6.07 Å². The van der Waals surface area contributed by atoms with Crippen LogP contribution in [0.5, 0.6) is 0 Å². The number of anilines is 1. The van der Waals surface area contributed by atoms with E-state index in [-0.39, 0.29) is 29.7 Å². The molecule has 34 heavy (non-hydrogen) atoms. The van der Waals surface area contributed by atoms with Gasteiger partial charge in [-0.05, 0) is 35.7 Å². The zero-order valence-corrected chi connectivity index (χ0v) is 19.9. The molecule has 2 aromatic carbocycles. The summed E-state index contributed by atoms with van der Waals surface area (Å²) in [7, 11) is 1.67. The van der Waals surface area contributed by atoms with Gasteiger partial charge in [-0.3, -0.25) is 10.2 Å². The van der Waals surface area contributed by atoms with Crippen molar-refractivity contribution in [1.82, 2.24) is 20.0 Å². The molecule has 4 rings (SSSR count). The van der Waals surface area contributed by atoms with Crippen molar-refractivity contribution in [3.8, 4) is 5.69 Å². The lowest BCUT2D eigenvalue weighted by Crippen LogP contribution is -2.42. The molecular formula is C26H32FN5O2.